The van der Waals surface area contributed by atoms with Gasteiger partial charge in [-0.25, -0.2) is 0 Å². The third-order valence-electron chi connectivity index (χ3n) is 2.32. The number of hydrogen-bond acceptors (Lipinski definition) is 3. The van der Waals surface area contributed by atoms with Gasteiger partial charge in [0.1, 0.15) is 12.4 Å². The Kier molecular flexibility index (Phi) is 3.51. The lowest BCUT2D eigenvalue weighted by atomic mass is 10.2. The molecule has 0 aliphatic carbocycles. The summed E-state index contributed by atoms with van der Waals surface area (Å²) in [7, 11) is 0. The van der Waals surface area contributed by atoms with E-state index in [0.717, 1.165) is 20.8 Å². The highest BCUT2D eigenvalue weighted by Gasteiger charge is 2.03. The second-order valence-electron chi connectivity index (χ2n) is 3.46. The molecule has 0 saturated heterocycles. The molecule has 2 N–H and O–H groups in total. The molecule has 2 nitrogen and oxygen atoms in total. The number of nitrogens with two attached hydrogens (primary N) is 1. The van der Waals surface area contributed by atoms with Crippen molar-refractivity contribution in [1.29, 1.82) is 0 Å². The van der Waals surface area contributed by atoms with Crippen molar-refractivity contribution in [2.75, 3.05) is 5.73 Å². The molecule has 0 radical (unpaired) electrons. The SMILES string of the molecule is Cc1c(N)cccc1OCc1ccc(Br)s1. The fourth-order valence-electron chi connectivity index (χ4n) is 1.37. The van der Waals surface area contributed by atoms with Gasteiger partial charge in [-0.15, -0.1) is 11.3 Å². The third kappa shape index (κ3) is 2.57. The van der Waals surface area contributed by atoms with Gasteiger partial charge in [-0.2, -0.15) is 0 Å². The Hall–Kier alpha value is -1.000. The topological polar surface area (TPSA) is 35.2 Å². The molecule has 16 heavy (non-hydrogen) atoms. The molecule has 2 aromatic rings. The van der Waals surface area contributed by atoms with Gasteiger partial charge in [-0.05, 0) is 47.1 Å². The summed E-state index contributed by atoms with van der Waals surface area (Å²) in [5, 5.41) is 0. The van der Waals surface area contributed by atoms with E-state index in [1.165, 1.54) is 4.88 Å². The molecular weight excluding hydrogens is 286 g/mol. The van der Waals surface area contributed by atoms with Crippen LogP contribution in [0.3, 0.4) is 0 Å². The summed E-state index contributed by atoms with van der Waals surface area (Å²) in [6, 6.07) is 9.80. The Morgan fingerprint density at radius 3 is 2.81 bits per heavy atom. The van der Waals surface area contributed by atoms with E-state index in [0.29, 0.717) is 6.61 Å². The Labute approximate surface area is 107 Å². The van der Waals surface area contributed by atoms with Gasteiger partial charge in [0.05, 0.1) is 3.79 Å². The van der Waals surface area contributed by atoms with Gasteiger partial charge in [-0.1, -0.05) is 6.07 Å². The second-order valence-corrected chi connectivity index (χ2v) is 6.01. The fraction of sp³-hybridized carbons (Fsp3) is 0.167. The van der Waals surface area contributed by atoms with E-state index in [1.807, 2.05) is 31.2 Å². The Morgan fingerprint density at radius 1 is 1.31 bits per heavy atom. The van der Waals surface area contributed by atoms with Crippen molar-refractivity contribution in [3.8, 4) is 5.75 Å². The highest BCUT2D eigenvalue weighted by atomic mass is 79.9. The summed E-state index contributed by atoms with van der Waals surface area (Å²) in [6.07, 6.45) is 0. The number of anilines is 1. The number of hydrogen-bond donors (Lipinski definition) is 1. The minimum Gasteiger partial charge on any atom is -0.488 e. The van der Waals surface area contributed by atoms with E-state index >= 15 is 0 Å². The molecule has 1 aromatic carbocycles. The Balaban J connectivity index is 2.07. The van der Waals surface area contributed by atoms with E-state index < -0.39 is 0 Å². The van der Waals surface area contributed by atoms with Crippen molar-refractivity contribution in [2.45, 2.75) is 13.5 Å². The lowest BCUT2D eigenvalue weighted by Crippen LogP contribution is -1.97. The van der Waals surface area contributed by atoms with Crippen molar-refractivity contribution < 1.29 is 4.74 Å². The van der Waals surface area contributed by atoms with Crippen molar-refractivity contribution in [3.05, 3.63) is 44.6 Å². The van der Waals surface area contributed by atoms with Gasteiger partial charge in [-0.3, -0.25) is 0 Å². The first-order chi connectivity index (χ1) is 7.66. The Bertz CT molecular complexity index is 496. The highest BCUT2D eigenvalue weighted by Crippen LogP contribution is 2.26. The van der Waals surface area contributed by atoms with Crippen LogP contribution in [0.1, 0.15) is 10.4 Å². The van der Waals surface area contributed by atoms with Gasteiger partial charge >= 0.3 is 0 Å². The summed E-state index contributed by atoms with van der Waals surface area (Å²) in [6.45, 7) is 2.55. The van der Waals surface area contributed by atoms with E-state index in [1.54, 1.807) is 11.3 Å². The van der Waals surface area contributed by atoms with Crippen LogP contribution in [0.2, 0.25) is 0 Å². The van der Waals surface area contributed by atoms with E-state index in [4.69, 9.17) is 10.5 Å². The molecule has 0 saturated carbocycles. The van der Waals surface area contributed by atoms with Crippen LogP contribution in [0.4, 0.5) is 5.69 Å². The molecule has 4 heteroatoms. The molecule has 2 rings (SSSR count). The van der Waals surface area contributed by atoms with Crippen LogP contribution >= 0.6 is 27.3 Å². The average Bonchev–Trinajstić information content (AvgIpc) is 2.67. The molecule has 0 bridgehead atoms. The molecule has 84 valence electrons. The van der Waals surface area contributed by atoms with Crippen LogP contribution in [-0.2, 0) is 6.61 Å². The third-order valence-corrected chi connectivity index (χ3v) is 3.92. The standard InChI is InChI=1S/C12H12BrNOS/c1-8-10(14)3-2-4-11(8)15-7-9-5-6-12(13)16-9/h2-6H,7,14H2,1H3. The maximum Gasteiger partial charge on any atom is 0.124 e. The van der Waals surface area contributed by atoms with Crippen LogP contribution in [0, 0.1) is 6.92 Å². The first-order valence-electron chi connectivity index (χ1n) is 4.89. The number of rotatable bonds is 3. The van der Waals surface area contributed by atoms with Crippen LogP contribution < -0.4 is 10.5 Å². The smallest absolute Gasteiger partial charge is 0.124 e. The van der Waals surface area contributed by atoms with E-state index in [2.05, 4.69) is 22.0 Å². The van der Waals surface area contributed by atoms with Crippen LogP contribution in [0.15, 0.2) is 34.1 Å². The molecule has 0 spiro atoms. The van der Waals surface area contributed by atoms with Crippen LogP contribution in [0.5, 0.6) is 5.75 Å². The first-order valence-corrected chi connectivity index (χ1v) is 6.50. The molecule has 0 atom stereocenters. The van der Waals surface area contributed by atoms with Gasteiger partial charge in [0.25, 0.3) is 0 Å². The number of thiophene rings is 1. The van der Waals surface area contributed by atoms with Gasteiger partial charge < -0.3 is 10.5 Å². The zero-order chi connectivity index (χ0) is 11.5. The van der Waals surface area contributed by atoms with Gasteiger partial charge in [0.2, 0.25) is 0 Å². The molecule has 1 aromatic heterocycles. The molecule has 0 unspecified atom stereocenters. The van der Waals surface area contributed by atoms with Crippen molar-refractivity contribution in [1.82, 2.24) is 0 Å². The normalized spacial score (nSPS) is 10.4. The fourth-order valence-corrected chi connectivity index (χ4v) is 2.76. The van der Waals surface area contributed by atoms with Gasteiger partial charge in [0, 0.05) is 16.1 Å². The van der Waals surface area contributed by atoms with E-state index in [-0.39, 0.29) is 0 Å². The average molecular weight is 298 g/mol. The summed E-state index contributed by atoms with van der Waals surface area (Å²) in [4.78, 5) is 1.19. The van der Waals surface area contributed by atoms with Crippen LogP contribution in [-0.4, -0.2) is 0 Å². The molecule has 0 aliphatic rings. The van der Waals surface area contributed by atoms with Crippen molar-refractivity contribution >= 4 is 33.0 Å². The predicted molar refractivity (Wildman–Crippen MR) is 71.9 cm³/mol. The monoisotopic (exact) mass is 297 g/mol. The lowest BCUT2D eigenvalue weighted by molar-refractivity contribution is 0.308. The van der Waals surface area contributed by atoms with Gasteiger partial charge in [0.15, 0.2) is 0 Å². The molecule has 1 heterocycles. The summed E-state index contributed by atoms with van der Waals surface area (Å²) < 4.78 is 6.85. The highest BCUT2D eigenvalue weighted by molar-refractivity contribution is 9.11. The van der Waals surface area contributed by atoms with Crippen molar-refractivity contribution in [3.63, 3.8) is 0 Å². The predicted octanol–water partition coefficient (Wildman–Crippen LogP) is 3.98. The first kappa shape index (κ1) is 11.5. The maximum atomic E-state index is 5.81. The molecule has 0 fully saturated rings. The number of ether oxygens (including phenoxy) is 1. The molecular formula is C12H12BrNOS. The minimum atomic E-state index is 0.584. The number of benzene rings is 1. The summed E-state index contributed by atoms with van der Waals surface area (Å²) >= 11 is 5.10. The quantitative estimate of drug-likeness (QED) is 0.870. The maximum absolute atomic E-state index is 5.81. The lowest BCUT2D eigenvalue weighted by Gasteiger charge is -2.09. The molecule has 0 aliphatic heterocycles. The zero-order valence-corrected chi connectivity index (χ0v) is 11.3. The molecule has 0 amide bonds. The number of halogens is 1. The number of nitrogen functional groups attached to an aromatic ring is 1. The van der Waals surface area contributed by atoms with Crippen molar-refractivity contribution in [2.24, 2.45) is 0 Å². The second kappa shape index (κ2) is 4.89. The largest absolute Gasteiger partial charge is 0.488 e. The van der Waals surface area contributed by atoms with Crippen LogP contribution in [0.25, 0.3) is 0 Å². The van der Waals surface area contributed by atoms with E-state index in [9.17, 15) is 0 Å². The summed E-state index contributed by atoms with van der Waals surface area (Å²) in [5.74, 6) is 0.851. The summed E-state index contributed by atoms with van der Waals surface area (Å²) in [5.41, 5.74) is 7.58. The zero-order valence-electron chi connectivity index (χ0n) is 8.87. The minimum absolute atomic E-state index is 0.584. The Morgan fingerprint density at radius 2 is 2.12 bits per heavy atom.